The monoisotopic (exact) mass is 519 g/mol. The molecule has 0 fully saturated rings. The van der Waals surface area contributed by atoms with Crippen molar-refractivity contribution in [2.75, 3.05) is 5.32 Å². The molecule has 0 aliphatic carbocycles. The highest BCUT2D eigenvalue weighted by molar-refractivity contribution is 7.78. The molecule has 4 aromatic rings. The number of nitrogens with one attached hydrogen (secondary N) is 3. The van der Waals surface area contributed by atoms with E-state index in [9.17, 15) is 9.00 Å². The summed E-state index contributed by atoms with van der Waals surface area (Å²) in [5, 5.41) is 6.44. The summed E-state index contributed by atoms with van der Waals surface area (Å²) in [6.07, 6.45) is 0. The summed E-state index contributed by atoms with van der Waals surface area (Å²) in [5.74, 6) is 0.475. The Morgan fingerprint density at radius 2 is 1.33 bits per heavy atom. The first-order chi connectivity index (χ1) is 17.5. The third kappa shape index (κ3) is 7.18. The van der Waals surface area contributed by atoms with E-state index in [0.717, 1.165) is 16.7 Å². The average Bonchev–Trinajstić information content (AvgIpc) is 2.90. The number of benzene rings is 4. The van der Waals surface area contributed by atoms with Crippen LogP contribution in [0.2, 0.25) is 5.02 Å². The lowest BCUT2D eigenvalue weighted by molar-refractivity contribution is 0.245. The lowest BCUT2D eigenvalue weighted by atomic mass is 9.94. The predicted octanol–water partition coefficient (Wildman–Crippen LogP) is 6.50. The van der Waals surface area contributed by atoms with Gasteiger partial charge in [-0.15, -0.1) is 0 Å². The Morgan fingerprint density at radius 1 is 0.778 bits per heavy atom. The average molecular weight is 520 g/mol. The summed E-state index contributed by atoms with van der Waals surface area (Å²) in [6, 6.07) is 31.6. The highest BCUT2D eigenvalue weighted by atomic mass is 35.5. The maximum absolute atomic E-state index is 13.1. The molecular weight excluding hydrogens is 494 g/mol. The molecule has 2 amide bonds. The van der Waals surface area contributed by atoms with Crippen molar-refractivity contribution in [2.24, 2.45) is 0 Å². The number of urea groups is 1. The maximum Gasteiger partial charge on any atom is 0.319 e. The Kier molecular flexibility index (Phi) is 8.73. The molecule has 0 saturated heterocycles. The molecule has 3 unspecified atom stereocenters. The van der Waals surface area contributed by atoms with Crippen LogP contribution < -0.4 is 19.5 Å². The molecule has 6 nitrogen and oxygen atoms in total. The number of hydrogen-bond acceptors (Lipinski definition) is 3. The van der Waals surface area contributed by atoms with Crippen molar-refractivity contribution in [1.29, 1.82) is 0 Å². The van der Waals surface area contributed by atoms with Crippen molar-refractivity contribution in [3.05, 3.63) is 131 Å². The zero-order valence-electron chi connectivity index (χ0n) is 19.6. The molecule has 0 heterocycles. The molecule has 4 rings (SSSR count). The number of rotatable bonds is 9. The zero-order chi connectivity index (χ0) is 25.3. The summed E-state index contributed by atoms with van der Waals surface area (Å²) in [7, 11) is 0. The normalized spacial score (nSPS) is 13.3. The Hall–Kier alpha value is -3.65. The van der Waals surface area contributed by atoms with Gasteiger partial charge < -0.3 is 14.8 Å². The fourth-order valence-corrected chi connectivity index (χ4v) is 4.60. The van der Waals surface area contributed by atoms with Gasteiger partial charge in [-0.25, -0.2) is 4.79 Å². The van der Waals surface area contributed by atoms with E-state index in [1.807, 2.05) is 79.7 Å². The van der Waals surface area contributed by atoms with Gasteiger partial charge in [-0.05, 0) is 54.4 Å². The van der Waals surface area contributed by atoms with E-state index in [1.54, 1.807) is 36.4 Å². The number of carbonyl (C=O) groups is 1. The maximum atomic E-state index is 13.1. The molecule has 0 spiro atoms. The van der Waals surface area contributed by atoms with Crippen molar-refractivity contribution in [1.82, 2.24) is 10.0 Å². The van der Waals surface area contributed by atoms with Crippen LogP contribution in [0.25, 0.3) is 0 Å². The minimum absolute atomic E-state index is 0.417. The van der Waals surface area contributed by atoms with E-state index in [0.29, 0.717) is 16.5 Å². The summed E-state index contributed by atoms with van der Waals surface area (Å²) in [5.41, 5.74) is 3.33. The summed E-state index contributed by atoms with van der Waals surface area (Å²) >= 11 is 4.06. The smallest absolute Gasteiger partial charge is 0.319 e. The van der Waals surface area contributed by atoms with Crippen LogP contribution in [0.5, 0.6) is 5.75 Å². The Bertz CT molecular complexity index is 1180. The first kappa shape index (κ1) is 25.4. The second-order valence-electron chi connectivity index (χ2n) is 8.13. The van der Waals surface area contributed by atoms with Gasteiger partial charge in [0.2, 0.25) is 0 Å². The van der Waals surface area contributed by atoms with Crippen molar-refractivity contribution >= 4 is 34.6 Å². The summed E-state index contributed by atoms with van der Waals surface area (Å²) in [6.45, 7) is 1.97. The van der Waals surface area contributed by atoms with Gasteiger partial charge in [0.1, 0.15) is 5.75 Å². The first-order valence-corrected chi connectivity index (χ1v) is 12.8. The number of aryl methyl sites for hydroxylation is 1. The van der Waals surface area contributed by atoms with E-state index >= 15 is 0 Å². The van der Waals surface area contributed by atoms with Gasteiger partial charge in [-0.1, -0.05) is 90.0 Å². The highest BCUT2D eigenvalue weighted by Gasteiger charge is 2.29. The van der Waals surface area contributed by atoms with Gasteiger partial charge in [0.15, 0.2) is 0 Å². The molecule has 0 radical (unpaired) electrons. The summed E-state index contributed by atoms with van der Waals surface area (Å²) < 4.78 is 21.8. The minimum atomic E-state index is -1.89. The molecular formula is C28H26ClN3O3S. The van der Waals surface area contributed by atoms with E-state index in [1.165, 1.54) is 0 Å². The fourth-order valence-electron chi connectivity index (χ4n) is 3.66. The molecule has 0 saturated carbocycles. The number of halogens is 1. The van der Waals surface area contributed by atoms with Crippen LogP contribution in [-0.4, -0.2) is 10.2 Å². The standard InChI is InChI=1S/C28H26ClN3O3S/c1-20-12-18-25(19-13-20)35-36(34)32-27(22-10-6-3-7-11-22)26(21-8-4-2-5-9-21)31-28(33)30-24-16-14-23(29)15-17-24/h2-19,26-27,32H,1H3,(H2,30,31,33). The Balaban J connectivity index is 1.61. The van der Waals surface area contributed by atoms with Crippen molar-refractivity contribution in [3.63, 3.8) is 0 Å². The minimum Gasteiger partial charge on any atom is -0.389 e. The van der Waals surface area contributed by atoms with Crippen LogP contribution in [0.1, 0.15) is 28.8 Å². The molecule has 36 heavy (non-hydrogen) atoms. The van der Waals surface area contributed by atoms with E-state index in [4.69, 9.17) is 15.8 Å². The van der Waals surface area contributed by atoms with Gasteiger partial charge in [-0.2, -0.15) is 8.93 Å². The van der Waals surface area contributed by atoms with Crippen molar-refractivity contribution < 1.29 is 13.2 Å². The van der Waals surface area contributed by atoms with E-state index in [-0.39, 0.29) is 0 Å². The molecule has 3 N–H and O–H groups in total. The van der Waals surface area contributed by atoms with Gasteiger partial charge in [0.25, 0.3) is 11.3 Å². The zero-order valence-corrected chi connectivity index (χ0v) is 21.1. The molecule has 0 aliphatic rings. The van der Waals surface area contributed by atoms with Gasteiger partial charge in [-0.3, -0.25) is 0 Å². The third-order valence-corrected chi connectivity index (χ3v) is 6.50. The topological polar surface area (TPSA) is 79.5 Å². The second kappa shape index (κ2) is 12.4. The van der Waals surface area contributed by atoms with Crippen LogP contribution >= 0.6 is 11.6 Å². The number of amides is 2. The van der Waals surface area contributed by atoms with Gasteiger partial charge in [0.05, 0.1) is 12.1 Å². The third-order valence-electron chi connectivity index (χ3n) is 5.46. The van der Waals surface area contributed by atoms with E-state index < -0.39 is 29.4 Å². The van der Waals surface area contributed by atoms with Crippen LogP contribution in [0.3, 0.4) is 0 Å². The Labute approximate surface area is 218 Å². The predicted molar refractivity (Wildman–Crippen MR) is 145 cm³/mol. The summed E-state index contributed by atoms with van der Waals surface area (Å²) in [4.78, 5) is 13.0. The van der Waals surface area contributed by atoms with Crippen molar-refractivity contribution in [2.45, 2.75) is 19.0 Å². The SMILES string of the molecule is Cc1ccc(OS(=O)NC(c2ccccc2)C(NC(=O)Nc2ccc(Cl)cc2)c2ccccc2)cc1. The largest absolute Gasteiger partial charge is 0.389 e. The number of carbonyl (C=O) groups excluding carboxylic acids is 1. The molecule has 184 valence electrons. The van der Waals surface area contributed by atoms with Crippen LogP contribution in [0.15, 0.2) is 109 Å². The van der Waals surface area contributed by atoms with Crippen LogP contribution in [-0.2, 0) is 11.3 Å². The number of hydrogen-bond donors (Lipinski definition) is 3. The molecule has 0 aliphatic heterocycles. The van der Waals surface area contributed by atoms with Gasteiger partial charge >= 0.3 is 6.03 Å². The molecule has 0 aromatic heterocycles. The second-order valence-corrected chi connectivity index (χ2v) is 9.44. The van der Waals surface area contributed by atoms with Crippen molar-refractivity contribution in [3.8, 4) is 5.75 Å². The van der Waals surface area contributed by atoms with Gasteiger partial charge in [0, 0.05) is 10.7 Å². The molecule has 3 atom stereocenters. The van der Waals surface area contributed by atoms with E-state index in [2.05, 4.69) is 15.4 Å². The first-order valence-electron chi connectivity index (χ1n) is 11.3. The van der Waals surface area contributed by atoms with Crippen LogP contribution in [0.4, 0.5) is 10.5 Å². The molecule has 0 bridgehead atoms. The van der Waals surface area contributed by atoms with Crippen LogP contribution in [0, 0.1) is 6.92 Å². The lowest BCUT2D eigenvalue weighted by Crippen LogP contribution is -2.41. The fraction of sp³-hybridized carbons (Fsp3) is 0.107. The lowest BCUT2D eigenvalue weighted by Gasteiger charge is -2.29. The highest BCUT2D eigenvalue weighted by Crippen LogP contribution is 2.30. The number of anilines is 1. The molecule has 8 heteroatoms. The molecule has 4 aromatic carbocycles. The Morgan fingerprint density at radius 3 is 1.92 bits per heavy atom. The quantitative estimate of drug-likeness (QED) is 0.236.